The van der Waals surface area contributed by atoms with Gasteiger partial charge in [0.05, 0.1) is 33.3 Å². The third-order valence-corrected chi connectivity index (χ3v) is 6.45. The number of aliphatic hydroxyl groups is 1. The van der Waals surface area contributed by atoms with Crippen molar-refractivity contribution in [3.05, 3.63) is 77.9 Å². The Morgan fingerprint density at radius 1 is 0.781 bits per heavy atom. The van der Waals surface area contributed by atoms with Gasteiger partial charge >= 0.3 is 0 Å². The van der Waals surface area contributed by atoms with E-state index in [-0.39, 0.29) is 5.92 Å². The Bertz CT molecular complexity index is 738. The lowest BCUT2D eigenvalue weighted by molar-refractivity contribution is -0.888. The summed E-state index contributed by atoms with van der Waals surface area (Å²) in [7, 11) is 4.57. The smallest absolute Gasteiger partial charge is 0.0972 e. The van der Waals surface area contributed by atoms with E-state index in [2.05, 4.69) is 75.6 Å². The Hall–Kier alpha value is -1.90. The van der Waals surface area contributed by atoms with Gasteiger partial charge in [-0.2, -0.15) is 0 Å². The summed E-state index contributed by atoms with van der Waals surface area (Å²) in [5.74, 6) is 0.276. The maximum atomic E-state index is 11.2. The summed E-state index contributed by atoms with van der Waals surface area (Å²) < 4.78 is 0.884. The van der Waals surface area contributed by atoms with E-state index >= 15 is 0 Å². The van der Waals surface area contributed by atoms with Crippen molar-refractivity contribution in [1.82, 2.24) is 0 Å². The first-order chi connectivity index (χ1) is 15.5. The molecule has 0 bridgehead atoms. The molecule has 0 unspecified atom stereocenters. The first-order valence-corrected chi connectivity index (χ1v) is 12.8. The van der Waals surface area contributed by atoms with Crippen LogP contribution < -0.4 is 0 Å². The maximum Gasteiger partial charge on any atom is 0.0972 e. The molecule has 2 rings (SSSR count). The largest absolute Gasteiger partial charge is 0.388 e. The zero-order valence-corrected chi connectivity index (χ0v) is 20.8. The zero-order chi connectivity index (χ0) is 23.1. The maximum absolute atomic E-state index is 11.2. The van der Waals surface area contributed by atoms with Crippen molar-refractivity contribution >= 4 is 6.08 Å². The van der Waals surface area contributed by atoms with E-state index in [1.165, 1.54) is 56.9 Å². The SMILES string of the molecule is CCCCCCCCCC[C@H](C[N+](C)(C)C/C=C\c1ccccc1)[C@H](O)c1ccccc1. The molecule has 0 fully saturated rings. The summed E-state index contributed by atoms with van der Waals surface area (Å²) in [5, 5.41) is 11.2. The van der Waals surface area contributed by atoms with Crippen LogP contribution in [0, 0.1) is 5.92 Å². The van der Waals surface area contributed by atoms with E-state index in [0.717, 1.165) is 29.6 Å². The van der Waals surface area contributed by atoms with Crippen LogP contribution in [0.2, 0.25) is 0 Å². The van der Waals surface area contributed by atoms with Crippen LogP contribution in [-0.2, 0) is 0 Å². The van der Waals surface area contributed by atoms with Gasteiger partial charge in [-0.25, -0.2) is 0 Å². The Balaban J connectivity index is 1.90. The predicted molar refractivity (Wildman–Crippen MR) is 139 cm³/mol. The lowest BCUT2D eigenvalue weighted by Gasteiger charge is -2.35. The van der Waals surface area contributed by atoms with Crippen LogP contribution in [0.25, 0.3) is 6.08 Å². The van der Waals surface area contributed by atoms with Crippen molar-refractivity contribution in [2.45, 2.75) is 70.8 Å². The van der Waals surface area contributed by atoms with E-state index < -0.39 is 6.10 Å². The molecule has 0 saturated heterocycles. The number of unbranched alkanes of at least 4 members (excludes halogenated alkanes) is 7. The fraction of sp³-hybridized carbons (Fsp3) is 0.533. The van der Waals surface area contributed by atoms with Gasteiger partial charge in [0.15, 0.2) is 0 Å². The van der Waals surface area contributed by atoms with Crippen molar-refractivity contribution < 1.29 is 9.59 Å². The minimum atomic E-state index is -0.392. The number of quaternary nitrogens is 1. The van der Waals surface area contributed by atoms with Gasteiger partial charge < -0.3 is 9.59 Å². The van der Waals surface area contributed by atoms with E-state index in [1.54, 1.807) is 0 Å². The molecule has 2 aromatic rings. The molecule has 2 heteroatoms. The number of hydrogen-bond donors (Lipinski definition) is 1. The monoisotopic (exact) mass is 436 g/mol. The lowest BCUT2D eigenvalue weighted by Crippen LogP contribution is -2.44. The van der Waals surface area contributed by atoms with Gasteiger partial charge in [0, 0.05) is 5.92 Å². The quantitative estimate of drug-likeness (QED) is 0.211. The number of likely N-dealkylation sites (N-methyl/N-ethyl adjacent to an activating group) is 1. The first-order valence-electron chi connectivity index (χ1n) is 12.8. The van der Waals surface area contributed by atoms with Crippen LogP contribution in [0.15, 0.2) is 66.7 Å². The summed E-state index contributed by atoms with van der Waals surface area (Å²) in [6.07, 6.45) is 15.8. The number of rotatable bonds is 16. The molecular formula is C30H46NO+. The first kappa shape index (κ1) is 26.4. The molecule has 0 aromatic heterocycles. The molecule has 0 spiro atoms. The average Bonchev–Trinajstić information content (AvgIpc) is 2.80. The van der Waals surface area contributed by atoms with Gasteiger partial charge in [-0.15, -0.1) is 0 Å². The van der Waals surface area contributed by atoms with Gasteiger partial charge in [-0.1, -0.05) is 125 Å². The Morgan fingerprint density at radius 3 is 1.97 bits per heavy atom. The van der Waals surface area contributed by atoms with Crippen LogP contribution in [0.5, 0.6) is 0 Å². The van der Waals surface area contributed by atoms with Crippen LogP contribution in [0.1, 0.15) is 81.9 Å². The fourth-order valence-corrected chi connectivity index (χ4v) is 4.56. The van der Waals surface area contributed by atoms with Crippen LogP contribution in [0.4, 0.5) is 0 Å². The third-order valence-electron chi connectivity index (χ3n) is 6.45. The van der Waals surface area contributed by atoms with Crippen molar-refractivity contribution in [1.29, 1.82) is 0 Å². The van der Waals surface area contributed by atoms with Gasteiger partial charge in [0.2, 0.25) is 0 Å². The molecule has 0 amide bonds. The molecule has 0 aliphatic heterocycles. The minimum Gasteiger partial charge on any atom is -0.388 e. The van der Waals surface area contributed by atoms with Crippen molar-refractivity contribution in [3.8, 4) is 0 Å². The summed E-state index contributed by atoms with van der Waals surface area (Å²) in [6.45, 7) is 4.21. The number of hydrogen-bond acceptors (Lipinski definition) is 1. The fourth-order valence-electron chi connectivity index (χ4n) is 4.56. The highest BCUT2D eigenvalue weighted by molar-refractivity contribution is 5.48. The Labute approximate surface area is 197 Å². The topological polar surface area (TPSA) is 20.2 Å². The number of nitrogens with zero attached hydrogens (tertiary/aromatic N) is 1. The van der Waals surface area contributed by atoms with E-state index in [4.69, 9.17) is 0 Å². The number of aliphatic hydroxyl groups excluding tert-OH is 1. The van der Waals surface area contributed by atoms with Gasteiger partial charge in [-0.05, 0) is 23.6 Å². The highest BCUT2D eigenvalue weighted by atomic mass is 16.3. The molecule has 0 radical (unpaired) electrons. The minimum absolute atomic E-state index is 0.276. The molecule has 0 saturated carbocycles. The van der Waals surface area contributed by atoms with Gasteiger partial charge in [-0.3, -0.25) is 0 Å². The molecule has 2 nitrogen and oxygen atoms in total. The Kier molecular flexibility index (Phi) is 12.4. The molecule has 0 aliphatic carbocycles. The second-order valence-corrected chi connectivity index (χ2v) is 9.99. The Morgan fingerprint density at radius 2 is 1.34 bits per heavy atom. The molecule has 0 aliphatic rings. The molecular weight excluding hydrogens is 390 g/mol. The normalized spacial score (nSPS) is 14.0. The molecule has 176 valence electrons. The molecule has 0 heterocycles. The second kappa shape index (κ2) is 15.0. The summed E-state index contributed by atoms with van der Waals surface area (Å²) in [6, 6.07) is 20.7. The van der Waals surface area contributed by atoms with Crippen molar-refractivity contribution in [2.24, 2.45) is 5.92 Å². The van der Waals surface area contributed by atoms with E-state index in [9.17, 15) is 5.11 Å². The van der Waals surface area contributed by atoms with Crippen molar-refractivity contribution in [2.75, 3.05) is 27.2 Å². The van der Waals surface area contributed by atoms with Crippen LogP contribution >= 0.6 is 0 Å². The number of benzene rings is 2. The molecule has 1 N–H and O–H groups in total. The van der Waals surface area contributed by atoms with Crippen LogP contribution in [-0.4, -0.2) is 36.8 Å². The van der Waals surface area contributed by atoms with E-state index in [0.29, 0.717) is 0 Å². The second-order valence-electron chi connectivity index (χ2n) is 9.99. The summed E-state index contributed by atoms with van der Waals surface area (Å²) >= 11 is 0. The van der Waals surface area contributed by atoms with Gasteiger partial charge in [0.25, 0.3) is 0 Å². The van der Waals surface area contributed by atoms with Gasteiger partial charge in [0.1, 0.15) is 0 Å². The molecule has 2 aromatic carbocycles. The zero-order valence-electron chi connectivity index (χ0n) is 20.8. The predicted octanol–water partition coefficient (Wildman–Crippen LogP) is 7.66. The van der Waals surface area contributed by atoms with Crippen molar-refractivity contribution in [3.63, 3.8) is 0 Å². The summed E-state index contributed by atoms with van der Waals surface area (Å²) in [4.78, 5) is 0. The summed E-state index contributed by atoms with van der Waals surface area (Å²) in [5.41, 5.74) is 2.30. The highest BCUT2D eigenvalue weighted by Gasteiger charge is 2.28. The standard InChI is InChI=1S/C30H46NO/c1-4-5-6-7-8-9-10-15-24-29(30(32)28-22-16-12-17-23-28)26-31(2,3)25-18-21-27-19-13-11-14-20-27/h11-14,16-23,29-30,32H,4-10,15,24-26H2,1-3H3/q+1/b21-18-/t29-,30-/m1/s1. The van der Waals surface area contributed by atoms with Crippen LogP contribution in [0.3, 0.4) is 0 Å². The molecule has 32 heavy (non-hydrogen) atoms. The lowest BCUT2D eigenvalue weighted by atomic mass is 9.89. The average molecular weight is 437 g/mol. The molecule has 2 atom stereocenters. The highest BCUT2D eigenvalue weighted by Crippen LogP contribution is 2.29. The van der Waals surface area contributed by atoms with E-state index in [1.807, 2.05) is 18.2 Å². The third kappa shape index (κ3) is 10.6.